The Bertz CT molecular complexity index is 354. The molecule has 0 radical (unpaired) electrons. The number of carbonyl (C=O) groups is 2. The van der Waals surface area contributed by atoms with E-state index in [0.29, 0.717) is 6.54 Å². The van der Waals surface area contributed by atoms with Crippen LogP contribution in [0.5, 0.6) is 0 Å². The van der Waals surface area contributed by atoms with Crippen LogP contribution >= 0.6 is 11.3 Å². The molecule has 1 rings (SSSR count). The predicted molar refractivity (Wildman–Crippen MR) is 56.0 cm³/mol. The molecule has 0 spiro atoms. The Morgan fingerprint density at radius 3 is 2.81 bits per heavy atom. The third-order valence-electron chi connectivity index (χ3n) is 1.65. The van der Waals surface area contributed by atoms with Gasteiger partial charge in [0.05, 0.1) is 18.6 Å². The van der Waals surface area contributed by atoms with Crippen molar-refractivity contribution in [2.45, 2.75) is 12.6 Å². The third kappa shape index (κ3) is 4.24. The molecule has 0 unspecified atom stereocenters. The molecular formula is C8H11N3O4S. The molecule has 0 bridgehead atoms. The number of carboxylic acids is 1. The van der Waals surface area contributed by atoms with Crippen LogP contribution in [0.3, 0.4) is 0 Å². The number of thiazole rings is 1. The number of nitrogens with one attached hydrogen (secondary N) is 2. The number of amides is 2. The number of aliphatic hydroxyl groups excluding tert-OH is 1. The van der Waals surface area contributed by atoms with E-state index in [9.17, 15) is 9.59 Å². The van der Waals surface area contributed by atoms with Gasteiger partial charge in [0.1, 0.15) is 0 Å². The minimum Gasteiger partial charge on any atom is -0.479 e. The van der Waals surface area contributed by atoms with Gasteiger partial charge in [0.25, 0.3) is 0 Å². The summed E-state index contributed by atoms with van der Waals surface area (Å²) in [6, 6.07) is -0.534. The second-order valence-electron chi connectivity index (χ2n) is 2.89. The van der Waals surface area contributed by atoms with Crippen LogP contribution < -0.4 is 10.6 Å². The lowest BCUT2D eigenvalue weighted by molar-refractivity contribution is -0.146. The van der Waals surface area contributed by atoms with Crippen molar-refractivity contribution < 1.29 is 19.8 Å². The SMILES string of the molecule is O=C(NCc1cncs1)NC[C@H](O)C(=O)O. The zero-order valence-electron chi connectivity index (χ0n) is 8.21. The fourth-order valence-corrected chi connectivity index (χ4v) is 1.37. The number of nitrogens with zero attached hydrogens (tertiary/aromatic N) is 1. The van der Waals surface area contributed by atoms with Gasteiger partial charge in [-0.25, -0.2) is 9.59 Å². The first-order chi connectivity index (χ1) is 7.59. The summed E-state index contributed by atoms with van der Waals surface area (Å²) in [6.07, 6.45) is 0.0333. The molecule has 0 fully saturated rings. The predicted octanol–water partition coefficient (Wildman–Crippen LogP) is -0.612. The first kappa shape index (κ1) is 12.4. The standard InChI is InChI=1S/C8H11N3O4S/c12-6(7(13)14)3-11-8(15)10-2-5-1-9-4-16-5/h1,4,6,12H,2-3H2,(H,13,14)(H2,10,11,15)/t6-/m0/s1. The summed E-state index contributed by atoms with van der Waals surface area (Å²) in [5.74, 6) is -1.37. The number of rotatable bonds is 5. The minimum absolute atomic E-state index is 0.319. The first-order valence-electron chi connectivity index (χ1n) is 4.39. The van der Waals surface area contributed by atoms with Gasteiger partial charge in [-0.3, -0.25) is 4.98 Å². The smallest absolute Gasteiger partial charge is 0.334 e. The Morgan fingerprint density at radius 2 is 2.25 bits per heavy atom. The van der Waals surface area contributed by atoms with E-state index in [1.54, 1.807) is 11.7 Å². The van der Waals surface area contributed by atoms with E-state index >= 15 is 0 Å². The van der Waals surface area contributed by atoms with Crippen LogP contribution in [0.15, 0.2) is 11.7 Å². The molecule has 7 nitrogen and oxygen atoms in total. The highest BCUT2D eigenvalue weighted by atomic mass is 32.1. The van der Waals surface area contributed by atoms with E-state index in [1.165, 1.54) is 11.3 Å². The lowest BCUT2D eigenvalue weighted by atomic mass is 10.4. The average molecular weight is 245 g/mol. The molecule has 2 amide bonds. The minimum atomic E-state index is -1.59. The molecular weight excluding hydrogens is 234 g/mol. The molecule has 1 aromatic rings. The van der Waals surface area contributed by atoms with Crippen molar-refractivity contribution >= 4 is 23.3 Å². The number of urea groups is 1. The van der Waals surface area contributed by atoms with E-state index in [-0.39, 0.29) is 6.54 Å². The maximum Gasteiger partial charge on any atom is 0.334 e. The molecule has 4 N–H and O–H groups in total. The van der Waals surface area contributed by atoms with Crippen LogP contribution in [0.1, 0.15) is 4.88 Å². The Morgan fingerprint density at radius 1 is 1.50 bits per heavy atom. The van der Waals surface area contributed by atoms with Crippen molar-refractivity contribution in [1.29, 1.82) is 0 Å². The van der Waals surface area contributed by atoms with E-state index in [4.69, 9.17) is 10.2 Å². The van der Waals surface area contributed by atoms with Crippen molar-refractivity contribution in [2.75, 3.05) is 6.54 Å². The molecule has 0 saturated carbocycles. The average Bonchev–Trinajstić information content (AvgIpc) is 2.75. The van der Waals surface area contributed by atoms with Crippen molar-refractivity contribution in [1.82, 2.24) is 15.6 Å². The number of hydrogen-bond donors (Lipinski definition) is 4. The Kier molecular flexibility index (Phi) is 4.67. The monoisotopic (exact) mass is 245 g/mol. The number of aliphatic carboxylic acids is 1. The molecule has 1 aromatic heterocycles. The zero-order chi connectivity index (χ0) is 12.0. The summed E-state index contributed by atoms with van der Waals surface area (Å²) < 4.78 is 0. The van der Waals surface area contributed by atoms with Crippen LogP contribution in [-0.4, -0.2) is 39.8 Å². The van der Waals surface area contributed by atoms with Crippen LogP contribution in [0.25, 0.3) is 0 Å². The summed E-state index contributed by atoms with van der Waals surface area (Å²) in [5, 5.41) is 21.9. The molecule has 16 heavy (non-hydrogen) atoms. The molecule has 1 atom stereocenters. The highest BCUT2D eigenvalue weighted by Crippen LogP contribution is 2.03. The van der Waals surface area contributed by atoms with E-state index in [1.807, 2.05) is 0 Å². The van der Waals surface area contributed by atoms with Crippen molar-refractivity contribution in [3.63, 3.8) is 0 Å². The van der Waals surface area contributed by atoms with Crippen molar-refractivity contribution in [2.24, 2.45) is 0 Å². The lowest BCUT2D eigenvalue weighted by Crippen LogP contribution is -2.41. The number of hydrogen-bond acceptors (Lipinski definition) is 5. The van der Waals surface area contributed by atoms with Gasteiger partial charge in [-0.1, -0.05) is 0 Å². The zero-order valence-corrected chi connectivity index (χ0v) is 9.03. The second-order valence-corrected chi connectivity index (χ2v) is 3.86. The number of aromatic nitrogens is 1. The summed E-state index contributed by atoms with van der Waals surface area (Å²) >= 11 is 1.40. The van der Waals surface area contributed by atoms with Gasteiger partial charge < -0.3 is 20.8 Å². The quantitative estimate of drug-likeness (QED) is 0.553. The maximum absolute atomic E-state index is 11.1. The van der Waals surface area contributed by atoms with Gasteiger partial charge in [0.15, 0.2) is 6.10 Å². The molecule has 88 valence electrons. The third-order valence-corrected chi connectivity index (χ3v) is 2.43. The Balaban J connectivity index is 2.19. The largest absolute Gasteiger partial charge is 0.479 e. The number of carboxylic acid groups (broad SMARTS) is 1. The van der Waals surface area contributed by atoms with Gasteiger partial charge >= 0.3 is 12.0 Å². The summed E-state index contributed by atoms with van der Waals surface area (Å²) in [6.45, 7) is -0.0104. The molecule has 8 heteroatoms. The summed E-state index contributed by atoms with van der Waals surface area (Å²) in [7, 11) is 0. The molecule has 0 aliphatic heterocycles. The number of aliphatic hydroxyl groups is 1. The molecule has 0 saturated heterocycles. The fourth-order valence-electron chi connectivity index (χ4n) is 0.836. The highest BCUT2D eigenvalue weighted by molar-refractivity contribution is 7.09. The highest BCUT2D eigenvalue weighted by Gasteiger charge is 2.13. The normalized spacial score (nSPS) is 11.8. The lowest BCUT2D eigenvalue weighted by Gasteiger charge is -2.08. The van der Waals surface area contributed by atoms with E-state index < -0.39 is 18.1 Å². The summed E-state index contributed by atoms with van der Waals surface area (Å²) in [4.78, 5) is 26.1. The Labute approximate surface area is 95.1 Å². The van der Waals surface area contributed by atoms with Crippen LogP contribution in [0.2, 0.25) is 0 Å². The van der Waals surface area contributed by atoms with Gasteiger partial charge in [-0.15, -0.1) is 11.3 Å². The van der Waals surface area contributed by atoms with Crippen LogP contribution in [0, 0.1) is 0 Å². The van der Waals surface area contributed by atoms with E-state index in [2.05, 4.69) is 15.6 Å². The molecule has 0 aromatic carbocycles. The van der Waals surface area contributed by atoms with Crippen LogP contribution in [0.4, 0.5) is 4.79 Å². The van der Waals surface area contributed by atoms with Crippen LogP contribution in [-0.2, 0) is 11.3 Å². The maximum atomic E-state index is 11.1. The van der Waals surface area contributed by atoms with Crippen molar-refractivity contribution in [3.05, 3.63) is 16.6 Å². The number of carbonyl (C=O) groups excluding carboxylic acids is 1. The van der Waals surface area contributed by atoms with Gasteiger partial charge in [-0.05, 0) is 0 Å². The van der Waals surface area contributed by atoms with Crippen molar-refractivity contribution in [3.8, 4) is 0 Å². The van der Waals surface area contributed by atoms with E-state index in [0.717, 1.165) is 4.88 Å². The van der Waals surface area contributed by atoms with Gasteiger partial charge in [0.2, 0.25) is 0 Å². The van der Waals surface area contributed by atoms with Gasteiger partial charge in [-0.2, -0.15) is 0 Å². The Hall–Kier alpha value is -1.67. The molecule has 0 aliphatic carbocycles. The molecule has 1 heterocycles. The fraction of sp³-hybridized carbons (Fsp3) is 0.375. The second kappa shape index (κ2) is 6.03. The van der Waals surface area contributed by atoms with Gasteiger partial charge in [0, 0.05) is 11.1 Å². The first-order valence-corrected chi connectivity index (χ1v) is 5.27. The summed E-state index contributed by atoms with van der Waals surface area (Å²) in [5.41, 5.74) is 1.64. The topological polar surface area (TPSA) is 112 Å². The molecule has 0 aliphatic rings.